The van der Waals surface area contributed by atoms with Crippen molar-refractivity contribution in [2.24, 2.45) is 16.3 Å². The lowest BCUT2D eigenvalue weighted by Gasteiger charge is -2.39. The average Bonchev–Trinajstić information content (AvgIpc) is 2.71. The molecule has 1 fully saturated rings. The number of methoxy groups -OCH3 is 2. The van der Waals surface area contributed by atoms with Gasteiger partial charge in [0.15, 0.2) is 5.96 Å². The number of nitrogens with one attached hydrogen (secondary N) is 2. The molecule has 0 radical (unpaired) electrons. The minimum Gasteiger partial charge on any atom is -0.497 e. The standard InChI is InChI=1S/C23H39N3O3/c1-8-24-22(25-15-17-10-9-13-29-21(17)23(3,4)5)26-16(2)19-14-18(27-6)11-12-20(19)28-7/h11-12,14,16-17,21H,8-10,13,15H2,1-7H3,(H2,24,25,26). The molecule has 6 nitrogen and oxygen atoms in total. The Labute approximate surface area is 176 Å². The molecule has 3 atom stereocenters. The third-order valence-corrected chi connectivity index (χ3v) is 5.38. The predicted octanol–water partition coefficient (Wildman–Crippen LogP) is 4.16. The molecule has 1 aromatic rings. The largest absolute Gasteiger partial charge is 0.497 e. The number of hydrogen-bond donors (Lipinski definition) is 2. The molecule has 3 unspecified atom stereocenters. The van der Waals surface area contributed by atoms with E-state index in [9.17, 15) is 0 Å². The molecule has 1 aromatic carbocycles. The van der Waals surface area contributed by atoms with Crippen molar-refractivity contribution in [1.82, 2.24) is 10.6 Å². The Bertz CT molecular complexity index is 670. The smallest absolute Gasteiger partial charge is 0.191 e. The van der Waals surface area contributed by atoms with Crippen LogP contribution < -0.4 is 20.1 Å². The summed E-state index contributed by atoms with van der Waals surface area (Å²) in [7, 11) is 3.36. The van der Waals surface area contributed by atoms with E-state index < -0.39 is 0 Å². The first kappa shape index (κ1) is 23.3. The maximum Gasteiger partial charge on any atom is 0.191 e. The van der Waals surface area contributed by atoms with Crippen LogP contribution in [0.4, 0.5) is 0 Å². The number of ether oxygens (including phenoxy) is 3. The molecule has 0 bridgehead atoms. The van der Waals surface area contributed by atoms with Gasteiger partial charge in [-0.05, 0) is 50.3 Å². The van der Waals surface area contributed by atoms with Crippen LogP contribution in [0, 0.1) is 11.3 Å². The van der Waals surface area contributed by atoms with Crippen LogP contribution in [0.2, 0.25) is 0 Å². The van der Waals surface area contributed by atoms with Gasteiger partial charge in [-0.25, -0.2) is 0 Å². The zero-order chi connectivity index (χ0) is 21.4. The van der Waals surface area contributed by atoms with Gasteiger partial charge in [-0.3, -0.25) is 4.99 Å². The highest BCUT2D eigenvalue weighted by Gasteiger charge is 2.35. The van der Waals surface area contributed by atoms with Gasteiger partial charge in [0.2, 0.25) is 0 Å². The van der Waals surface area contributed by atoms with Gasteiger partial charge < -0.3 is 24.8 Å². The highest BCUT2D eigenvalue weighted by molar-refractivity contribution is 5.80. The zero-order valence-corrected chi connectivity index (χ0v) is 19.2. The van der Waals surface area contributed by atoms with Crippen molar-refractivity contribution in [3.8, 4) is 11.5 Å². The Balaban J connectivity index is 2.14. The van der Waals surface area contributed by atoms with Gasteiger partial charge in [-0.15, -0.1) is 0 Å². The van der Waals surface area contributed by atoms with Crippen molar-refractivity contribution < 1.29 is 14.2 Å². The summed E-state index contributed by atoms with van der Waals surface area (Å²) in [6.45, 7) is 13.3. The molecule has 29 heavy (non-hydrogen) atoms. The van der Waals surface area contributed by atoms with E-state index >= 15 is 0 Å². The second kappa shape index (κ2) is 10.7. The van der Waals surface area contributed by atoms with Crippen molar-refractivity contribution in [3.05, 3.63) is 23.8 Å². The molecule has 0 saturated carbocycles. The van der Waals surface area contributed by atoms with Crippen LogP contribution in [0.3, 0.4) is 0 Å². The van der Waals surface area contributed by atoms with Gasteiger partial charge in [-0.2, -0.15) is 0 Å². The van der Waals surface area contributed by atoms with Crippen molar-refractivity contribution in [2.75, 3.05) is 33.9 Å². The van der Waals surface area contributed by atoms with E-state index in [2.05, 4.69) is 45.3 Å². The number of guanidine groups is 1. The summed E-state index contributed by atoms with van der Waals surface area (Å²) in [6, 6.07) is 5.86. The van der Waals surface area contributed by atoms with Crippen LogP contribution in [0.25, 0.3) is 0 Å². The number of benzene rings is 1. The van der Waals surface area contributed by atoms with Gasteiger partial charge in [0.05, 0.1) is 26.4 Å². The maximum atomic E-state index is 6.11. The molecule has 1 saturated heterocycles. The summed E-state index contributed by atoms with van der Waals surface area (Å²) >= 11 is 0. The molecule has 0 amide bonds. The molecule has 6 heteroatoms. The van der Waals surface area contributed by atoms with Gasteiger partial charge in [0.1, 0.15) is 11.5 Å². The van der Waals surface area contributed by atoms with E-state index in [1.54, 1.807) is 14.2 Å². The van der Waals surface area contributed by atoms with Crippen LogP contribution in [-0.2, 0) is 4.74 Å². The minimum atomic E-state index is 0.0128. The highest BCUT2D eigenvalue weighted by Crippen LogP contribution is 2.34. The fourth-order valence-corrected chi connectivity index (χ4v) is 3.98. The third kappa shape index (κ3) is 6.53. The van der Waals surface area contributed by atoms with Gasteiger partial charge >= 0.3 is 0 Å². The highest BCUT2D eigenvalue weighted by atomic mass is 16.5. The number of rotatable bonds is 7. The van der Waals surface area contributed by atoms with Crippen molar-refractivity contribution in [3.63, 3.8) is 0 Å². The van der Waals surface area contributed by atoms with Crippen LogP contribution in [0.1, 0.15) is 59.1 Å². The lowest BCUT2D eigenvalue weighted by Crippen LogP contribution is -2.43. The van der Waals surface area contributed by atoms with Gasteiger partial charge in [0.25, 0.3) is 0 Å². The predicted molar refractivity (Wildman–Crippen MR) is 119 cm³/mol. The number of aliphatic imine (C=N–C) groups is 1. The SMILES string of the molecule is CCNC(=NCC1CCCOC1C(C)(C)C)NC(C)c1cc(OC)ccc1OC. The molecule has 1 heterocycles. The molecule has 1 aliphatic heterocycles. The van der Waals surface area contributed by atoms with Crippen molar-refractivity contribution >= 4 is 5.96 Å². The summed E-state index contributed by atoms with van der Waals surface area (Å²) in [5.74, 6) is 2.88. The Hall–Kier alpha value is -1.95. The third-order valence-electron chi connectivity index (χ3n) is 5.38. The van der Waals surface area contributed by atoms with E-state index in [4.69, 9.17) is 19.2 Å². The zero-order valence-electron chi connectivity index (χ0n) is 19.2. The summed E-state index contributed by atoms with van der Waals surface area (Å²) < 4.78 is 17.0. The Morgan fingerprint density at radius 1 is 1.28 bits per heavy atom. The fourth-order valence-electron chi connectivity index (χ4n) is 3.98. The van der Waals surface area contributed by atoms with E-state index in [0.717, 1.165) is 55.6 Å². The number of nitrogens with zero attached hydrogens (tertiary/aromatic N) is 1. The van der Waals surface area contributed by atoms with E-state index in [-0.39, 0.29) is 17.6 Å². The van der Waals surface area contributed by atoms with Crippen LogP contribution in [0.5, 0.6) is 11.5 Å². The summed E-state index contributed by atoms with van der Waals surface area (Å²) in [4.78, 5) is 4.91. The minimum absolute atomic E-state index is 0.0128. The molecule has 164 valence electrons. The average molecular weight is 406 g/mol. The van der Waals surface area contributed by atoms with Crippen molar-refractivity contribution in [2.45, 2.75) is 59.6 Å². The van der Waals surface area contributed by atoms with E-state index in [1.807, 2.05) is 18.2 Å². The molecule has 0 aliphatic carbocycles. The maximum absolute atomic E-state index is 6.11. The van der Waals surface area contributed by atoms with E-state index in [1.165, 1.54) is 0 Å². The quantitative estimate of drug-likeness (QED) is 0.527. The van der Waals surface area contributed by atoms with E-state index in [0.29, 0.717) is 5.92 Å². The van der Waals surface area contributed by atoms with Gasteiger partial charge in [-0.1, -0.05) is 20.8 Å². The lowest BCUT2D eigenvalue weighted by atomic mass is 9.78. The molecule has 2 N–H and O–H groups in total. The van der Waals surface area contributed by atoms with Crippen molar-refractivity contribution in [1.29, 1.82) is 0 Å². The van der Waals surface area contributed by atoms with Gasteiger partial charge in [0, 0.05) is 31.2 Å². The Morgan fingerprint density at radius 3 is 2.66 bits per heavy atom. The topological polar surface area (TPSA) is 64.1 Å². The molecule has 2 rings (SSSR count). The Kier molecular flexibility index (Phi) is 8.62. The molecule has 0 aromatic heterocycles. The second-order valence-corrected chi connectivity index (χ2v) is 8.75. The monoisotopic (exact) mass is 405 g/mol. The van der Waals surface area contributed by atoms with Crippen LogP contribution in [0.15, 0.2) is 23.2 Å². The first-order valence-corrected chi connectivity index (χ1v) is 10.7. The van der Waals surface area contributed by atoms with Crippen LogP contribution >= 0.6 is 0 Å². The normalized spacial score (nSPS) is 21.4. The number of hydrogen-bond acceptors (Lipinski definition) is 4. The summed E-state index contributed by atoms with van der Waals surface area (Å²) in [5.41, 5.74) is 1.15. The molecular formula is C23H39N3O3. The lowest BCUT2D eigenvalue weighted by molar-refractivity contribution is -0.0823. The first-order valence-electron chi connectivity index (χ1n) is 10.7. The molecular weight excluding hydrogens is 366 g/mol. The summed E-state index contributed by atoms with van der Waals surface area (Å²) in [5, 5.41) is 6.88. The summed E-state index contributed by atoms with van der Waals surface area (Å²) in [6.07, 6.45) is 2.50. The second-order valence-electron chi connectivity index (χ2n) is 8.75. The Morgan fingerprint density at radius 2 is 2.03 bits per heavy atom. The molecule has 1 aliphatic rings. The first-order chi connectivity index (χ1) is 13.8. The fraction of sp³-hybridized carbons (Fsp3) is 0.696. The molecule has 0 spiro atoms. The van der Waals surface area contributed by atoms with Crippen LogP contribution in [-0.4, -0.2) is 46.0 Å².